The lowest BCUT2D eigenvalue weighted by atomic mass is 10.1. The molecule has 1 N–H and O–H groups in total. The quantitative estimate of drug-likeness (QED) is 0.704. The van der Waals surface area contributed by atoms with Gasteiger partial charge in [0.1, 0.15) is 17.1 Å². The van der Waals surface area contributed by atoms with E-state index in [1.807, 2.05) is 46.8 Å². The number of amides is 2. The number of nitrogens with one attached hydrogen (secondary N) is 1. The lowest BCUT2D eigenvalue weighted by Gasteiger charge is -2.27. The van der Waals surface area contributed by atoms with E-state index in [-0.39, 0.29) is 12.0 Å². The van der Waals surface area contributed by atoms with Gasteiger partial charge < -0.3 is 19.4 Å². The Balaban J connectivity index is 1.94. The fourth-order valence-corrected chi connectivity index (χ4v) is 2.96. The number of carbonyl (C=O) groups excluding carboxylic acids is 2. The van der Waals surface area contributed by atoms with Crippen LogP contribution in [0.15, 0.2) is 28.9 Å². The van der Waals surface area contributed by atoms with E-state index in [0.717, 1.165) is 16.9 Å². The largest absolute Gasteiger partial charge is 0.466 e. The molecule has 0 unspecified atom stereocenters. The molecule has 0 aliphatic heterocycles. The van der Waals surface area contributed by atoms with E-state index in [2.05, 4.69) is 10.3 Å². The summed E-state index contributed by atoms with van der Waals surface area (Å²) >= 11 is 0. The van der Waals surface area contributed by atoms with Crippen molar-refractivity contribution in [1.82, 2.24) is 15.2 Å². The minimum absolute atomic E-state index is 0.159. The third-order valence-electron chi connectivity index (χ3n) is 4.43. The molecule has 29 heavy (non-hydrogen) atoms. The monoisotopic (exact) mass is 401 g/mol. The molecular formula is C22H31N3O4. The van der Waals surface area contributed by atoms with E-state index in [0.29, 0.717) is 37.4 Å². The molecule has 0 saturated carbocycles. The smallest absolute Gasteiger partial charge is 0.410 e. The summed E-state index contributed by atoms with van der Waals surface area (Å²) < 4.78 is 11.0. The third-order valence-corrected chi connectivity index (χ3v) is 4.43. The maximum absolute atomic E-state index is 12.6. The minimum Gasteiger partial charge on any atom is -0.466 e. The van der Waals surface area contributed by atoms with E-state index in [1.54, 1.807) is 24.2 Å². The molecule has 0 aliphatic rings. The van der Waals surface area contributed by atoms with Gasteiger partial charge in [-0.1, -0.05) is 6.07 Å². The fourth-order valence-electron chi connectivity index (χ4n) is 2.96. The normalized spacial score (nSPS) is 11.2. The zero-order chi connectivity index (χ0) is 21.6. The summed E-state index contributed by atoms with van der Waals surface area (Å²) in [5, 5.41) is 2.91. The predicted octanol–water partition coefficient (Wildman–Crippen LogP) is 4.16. The molecule has 2 heterocycles. The van der Waals surface area contributed by atoms with Crippen LogP contribution in [0, 0.1) is 20.8 Å². The second kappa shape index (κ2) is 9.58. The Morgan fingerprint density at radius 1 is 1.21 bits per heavy atom. The van der Waals surface area contributed by atoms with Gasteiger partial charge in [-0.25, -0.2) is 4.79 Å². The number of aryl methyl sites for hydroxylation is 2. The maximum atomic E-state index is 12.6. The summed E-state index contributed by atoms with van der Waals surface area (Å²) in [6.07, 6.45) is 3.63. The number of nitrogens with zero attached hydrogens (tertiary/aromatic N) is 2. The van der Waals surface area contributed by atoms with Gasteiger partial charge in [0.05, 0.1) is 12.1 Å². The Kier molecular flexibility index (Phi) is 7.42. The molecule has 158 valence electrons. The summed E-state index contributed by atoms with van der Waals surface area (Å²) in [7, 11) is 0. The minimum atomic E-state index is -0.577. The Morgan fingerprint density at radius 2 is 1.93 bits per heavy atom. The highest BCUT2D eigenvalue weighted by Gasteiger charge is 2.23. The number of aromatic nitrogens is 1. The van der Waals surface area contributed by atoms with Gasteiger partial charge in [-0.15, -0.1) is 0 Å². The summed E-state index contributed by atoms with van der Waals surface area (Å²) in [6, 6.07) is 3.75. The van der Waals surface area contributed by atoms with Gasteiger partial charge in [0, 0.05) is 31.0 Å². The number of pyridine rings is 1. The average molecular weight is 402 g/mol. The predicted molar refractivity (Wildman–Crippen MR) is 111 cm³/mol. The van der Waals surface area contributed by atoms with Crippen molar-refractivity contribution in [3.63, 3.8) is 0 Å². The van der Waals surface area contributed by atoms with E-state index in [4.69, 9.17) is 9.15 Å². The van der Waals surface area contributed by atoms with Crippen molar-refractivity contribution in [2.45, 2.75) is 60.1 Å². The first-order chi connectivity index (χ1) is 13.6. The van der Waals surface area contributed by atoms with Crippen molar-refractivity contribution in [3.8, 4) is 0 Å². The highest BCUT2D eigenvalue weighted by Crippen LogP contribution is 2.20. The number of hydrogen-bond donors (Lipinski definition) is 1. The van der Waals surface area contributed by atoms with Gasteiger partial charge in [0.15, 0.2) is 0 Å². The summed E-state index contributed by atoms with van der Waals surface area (Å²) in [4.78, 5) is 30.8. The topological polar surface area (TPSA) is 84.7 Å². The van der Waals surface area contributed by atoms with Crippen molar-refractivity contribution in [2.24, 2.45) is 0 Å². The lowest BCUT2D eigenvalue weighted by Crippen LogP contribution is -2.38. The zero-order valence-electron chi connectivity index (χ0n) is 18.2. The molecule has 0 saturated heterocycles. The molecule has 2 rings (SSSR count). The average Bonchev–Trinajstić information content (AvgIpc) is 2.88. The second-order valence-electron chi connectivity index (χ2n) is 8.09. The number of furan rings is 1. The third kappa shape index (κ3) is 6.62. The van der Waals surface area contributed by atoms with Crippen LogP contribution in [0.2, 0.25) is 0 Å². The number of ether oxygens (including phenoxy) is 1. The first-order valence-electron chi connectivity index (χ1n) is 9.80. The molecule has 0 fully saturated rings. The second-order valence-corrected chi connectivity index (χ2v) is 8.09. The van der Waals surface area contributed by atoms with Gasteiger partial charge in [-0.05, 0) is 59.6 Å². The number of rotatable bonds is 7. The molecule has 0 aliphatic carbocycles. The summed E-state index contributed by atoms with van der Waals surface area (Å²) in [5.74, 6) is 1.21. The van der Waals surface area contributed by atoms with E-state index >= 15 is 0 Å². The van der Waals surface area contributed by atoms with Crippen molar-refractivity contribution in [3.05, 3.63) is 52.7 Å². The molecule has 0 spiro atoms. The SMILES string of the molecule is Cc1oc(C)c(C(=O)NCCCN(Cc2cccnc2)C(=O)OC(C)(C)C)c1C. The molecule has 2 amide bonds. The Hall–Kier alpha value is -2.83. The molecule has 0 radical (unpaired) electrons. The Bertz CT molecular complexity index is 838. The Morgan fingerprint density at radius 3 is 2.48 bits per heavy atom. The summed E-state index contributed by atoms with van der Waals surface area (Å²) in [5.41, 5.74) is 1.78. The van der Waals surface area contributed by atoms with Crippen molar-refractivity contribution in [1.29, 1.82) is 0 Å². The van der Waals surface area contributed by atoms with Crippen LogP contribution >= 0.6 is 0 Å². The van der Waals surface area contributed by atoms with Gasteiger partial charge in [0.2, 0.25) is 0 Å². The molecule has 7 nitrogen and oxygen atoms in total. The van der Waals surface area contributed by atoms with Crippen LogP contribution in [0.3, 0.4) is 0 Å². The van der Waals surface area contributed by atoms with Crippen LogP contribution in [0.4, 0.5) is 4.79 Å². The van der Waals surface area contributed by atoms with Crippen LogP contribution in [0.25, 0.3) is 0 Å². The molecular weight excluding hydrogens is 370 g/mol. The molecule has 7 heteroatoms. The molecule has 0 bridgehead atoms. The molecule has 2 aromatic rings. The first-order valence-corrected chi connectivity index (χ1v) is 9.80. The molecule has 2 aromatic heterocycles. The molecule has 0 atom stereocenters. The van der Waals surface area contributed by atoms with Gasteiger partial charge in [-0.3, -0.25) is 9.78 Å². The van der Waals surface area contributed by atoms with Crippen LogP contribution in [0.5, 0.6) is 0 Å². The maximum Gasteiger partial charge on any atom is 0.410 e. The zero-order valence-corrected chi connectivity index (χ0v) is 18.2. The standard InChI is InChI=1S/C22H31N3O4/c1-15-16(2)28-17(3)19(15)20(26)24-11-8-12-25(21(27)29-22(4,5)6)14-18-9-7-10-23-13-18/h7,9-10,13H,8,11-12,14H2,1-6H3,(H,24,26). The number of hydrogen-bond acceptors (Lipinski definition) is 5. The highest BCUT2D eigenvalue weighted by molar-refractivity contribution is 5.96. The van der Waals surface area contributed by atoms with Gasteiger partial charge >= 0.3 is 6.09 Å². The first kappa shape index (κ1) is 22.5. The van der Waals surface area contributed by atoms with Gasteiger partial charge in [0.25, 0.3) is 5.91 Å². The van der Waals surface area contributed by atoms with E-state index in [1.165, 1.54) is 0 Å². The van der Waals surface area contributed by atoms with E-state index < -0.39 is 5.60 Å². The van der Waals surface area contributed by atoms with Crippen LogP contribution in [-0.2, 0) is 11.3 Å². The van der Waals surface area contributed by atoms with Crippen LogP contribution in [-0.4, -0.2) is 40.6 Å². The van der Waals surface area contributed by atoms with Crippen LogP contribution in [0.1, 0.15) is 60.2 Å². The molecule has 0 aromatic carbocycles. The van der Waals surface area contributed by atoms with Crippen molar-refractivity contribution in [2.75, 3.05) is 13.1 Å². The van der Waals surface area contributed by atoms with Crippen LogP contribution < -0.4 is 5.32 Å². The highest BCUT2D eigenvalue weighted by atomic mass is 16.6. The number of carbonyl (C=O) groups is 2. The van der Waals surface area contributed by atoms with Gasteiger partial charge in [-0.2, -0.15) is 0 Å². The Labute approximate surface area is 172 Å². The fraction of sp³-hybridized carbons (Fsp3) is 0.500. The van der Waals surface area contributed by atoms with Crippen molar-refractivity contribution >= 4 is 12.0 Å². The lowest BCUT2D eigenvalue weighted by molar-refractivity contribution is 0.0232. The summed E-state index contributed by atoms with van der Waals surface area (Å²) in [6.45, 7) is 12.3. The van der Waals surface area contributed by atoms with Crippen molar-refractivity contribution < 1.29 is 18.7 Å². The van der Waals surface area contributed by atoms with E-state index in [9.17, 15) is 9.59 Å².